The summed E-state index contributed by atoms with van der Waals surface area (Å²) in [6.07, 6.45) is 1.09. The Labute approximate surface area is 118 Å². The van der Waals surface area contributed by atoms with Crippen molar-refractivity contribution in [1.82, 2.24) is 9.62 Å². The van der Waals surface area contributed by atoms with Gasteiger partial charge in [-0.15, -0.1) is 0 Å². The summed E-state index contributed by atoms with van der Waals surface area (Å²) in [5.74, 6) is -1.36. The van der Waals surface area contributed by atoms with Gasteiger partial charge >= 0.3 is 5.97 Å². The van der Waals surface area contributed by atoms with E-state index in [1.807, 2.05) is 0 Å². The minimum Gasteiger partial charge on any atom is -0.480 e. The predicted octanol–water partition coefficient (Wildman–Crippen LogP) is -0.982. The molecule has 0 aromatic heterocycles. The fourth-order valence-corrected chi connectivity index (χ4v) is 2.81. The molecule has 1 amide bonds. The van der Waals surface area contributed by atoms with E-state index in [0.29, 0.717) is 25.9 Å². The lowest BCUT2D eigenvalue weighted by Crippen LogP contribution is -2.47. The minimum atomic E-state index is -3.22. The molecule has 116 valence electrons. The molecule has 0 unspecified atom stereocenters. The fraction of sp³-hybridized carbons (Fsp3) is 0.818. The van der Waals surface area contributed by atoms with Gasteiger partial charge in [-0.3, -0.25) is 4.79 Å². The first-order chi connectivity index (χ1) is 9.34. The van der Waals surface area contributed by atoms with Crippen LogP contribution in [0.15, 0.2) is 0 Å². The summed E-state index contributed by atoms with van der Waals surface area (Å²) in [6, 6.07) is -0.149. The van der Waals surface area contributed by atoms with E-state index < -0.39 is 22.6 Å². The van der Waals surface area contributed by atoms with E-state index in [9.17, 15) is 18.0 Å². The smallest absolute Gasteiger partial charge is 0.329 e. The molecule has 0 saturated carbocycles. The van der Waals surface area contributed by atoms with Crippen LogP contribution in [0.1, 0.15) is 19.8 Å². The molecular formula is C11H20N2O6S. The topological polar surface area (TPSA) is 113 Å². The van der Waals surface area contributed by atoms with Crippen LogP contribution in [-0.4, -0.2) is 68.4 Å². The minimum absolute atomic E-state index is 0.0369. The number of likely N-dealkylation sites (tertiary alicyclic amines) is 1. The van der Waals surface area contributed by atoms with E-state index in [1.54, 1.807) is 11.8 Å². The molecular weight excluding hydrogens is 288 g/mol. The molecule has 0 aromatic rings. The molecule has 9 heteroatoms. The van der Waals surface area contributed by atoms with Crippen molar-refractivity contribution in [3.63, 3.8) is 0 Å². The van der Waals surface area contributed by atoms with E-state index in [2.05, 4.69) is 4.72 Å². The van der Waals surface area contributed by atoms with Crippen molar-refractivity contribution in [3.05, 3.63) is 0 Å². The highest BCUT2D eigenvalue weighted by Gasteiger charge is 2.25. The number of aliphatic carboxylic acids is 1. The Morgan fingerprint density at radius 3 is 2.40 bits per heavy atom. The number of ether oxygens (including phenoxy) is 1. The number of carboxylic acid groups (broad SMARTS) is 1. The number of piperidine rings is 1. The monoisotopic (exact) mass is 308 g/mol. The van der Waals surface area contributed by atoms with E-state index >= 15 is 0 Å². The van der Waals surface area contributed by atoms with E-state index in [1.165, 1.54) is 0 Å². The highest BCUT2D eigenvalue weighted by molar-refractivity contribution is 7.89. The molecule has 1 heterocycles. The van der Waals surface area contributed by atoms with Gasteiger partial charge in [0.25, 0.3) is 0 Å². The first-order valence-electron chi connectivity index (χ1n) is 6.41. The molecule has 1 saturated heterocycles. The Morgan fingerprint density at radius 1 is 1.30 bits per heavy atom. The van der Waals surface area contributed by atoms with Gasteiger partial charge in [-0.05, 0) is 19.8 Å². The standard InChI is InChI=1S/C11H20N2O6S/c1-2-20(17,18)12-9-3-5-13(6-4-9)10(14)7-19-8-11(15)16/h9,12H,2-8H2,1H3,(H,15,16). The lowest BCUT2D eigenvalue weighted by molar-refractivity contribution is -0.146. The van der Waals surface area contributed by atoms with Crippen molar-refractivity contribution in [1.29, 1.82) is 0 Å². The van der Waals surface area contributed by atoms with Crippen LogP contribution in [0.2, 0.25) is 0 Å². The number of nitrogens with zero attached hydrogens (tertiary/aromatic N) is 1. The van der Waals surface area contributed by atoms with Crippen molar-refractivity contribution in [3.8, 4) is 0 Å². The predicted molar refractivity (Wildman–Crippen MR) is 70.7 cm³/mol. The Hall–Kier alpha value is -1.19. The van der Waals surface area contributed by atoms with Crippen molar-refractivity contribution in [2.24, 2.45) is 0 Å². The van der Waals surface area contributed by atoms with Crippen LogP contribution in [0.4, 0.5) is 0 Å². The fourth-order valence-electron chi connectivity index (χ4n) is 1.90. The number of carbonyl (C=O) groups excluding carboxylic acids is 1. The number of hydrogen-bond acceptors (Lipinski definition) is 5. The Balaban J connectivity index is 2.31. The number of carbonyl (C=O) groups is 2. The molecule has 8 nitrogen and oxygen atoms in total. The van der Waals surface area contributed by atoms with Gasteiger partial charge in [0.1, 0.15) is 13.2 Å². The summed E-state index contributed by atoms with van der Waals surface area (Å²) < 4.78 is 30.2. The first-order valence-corrected chi connectivity index (χ1v) is 8.06. The number of hydrogen-bond donors (Lipinski definition) is 2. The zero-order valence-corrected chi connectivity index (χ0v) is 12.2. The van der Waals surface area contributed by atoms with Gasteiger partial charge in [-0.1, -0.05) is 0 Å². The number of amides is 1. The van der Waals surface area contributed by atoms with Crippen molar-refractivity contribution < 1.29 is 27.9 Å². The molecule has 0 aromatic carbocycles. The lowest BCUT2D eigenvalue weighted by Gasteiger charge is -2.32. The first kappa shape index (κ1) is 16.9. The molecule has 0 bridgehead atoms. The zero-order valence-electron chi connectivity index (χ0n) is 11.4. The maximum Gasteiger partial charge on any atom is 0.329 e. The Morgan fingerprint density at radius 2 is 1.90 bits per heavy atom. The summed E-state index contributed by atoms with van der Waals surface area (Å²) in [6.45, 7) is 1.68. The molecule has 0 atom stereocenters. The van der Waals surface area contributed by atoms with Gasteiger partial charge in [0, 0.05) is 19.1 Å². The number of sulfonamides is 1. The largest absolute Gasteiger partial charge is 0.480 e. The third-order valence-electron chi connectivity index (χ3n) is 3.03. The molecule has 1 fully saturated rings. The van der Waals surface area contributed by atoms with E-state index in [0.717, 1.165) is 0 Å². The SMILES string of the molecule is CCS(=O)(=O)NC1CCN(C(=O)COCC(=O)O)CC1. The highest BCUT2D eigenvalue weighted by Crippen LogP contribution is 2.11. The maximum absolute atomic E-state index is 11.7. The third-order valence-corrected chi connectivity index (χ3v) is 4.48. The molecule has 1 rings (SSSR count). The molecule has 0 radical (unpaired) electrons. The number of carboxylic acids is 1. The van der Waals surface area contributed by atoms with Crippen molar-refractivity contribution >= 4 is 21.9 Å². The molecule has 1 aliphatic rings. The van der Waals surface area contributed by atoms with Gasteiger partial charge in [0.2, 0.25) is 15.9 Å². The lowest BCUT2D eigenvalue weighted by atomic mass is 10.1. The Kier molecular flexibility index (Phi) is 6.37. The maximum atomic E-state index is 11.7. The summed E-state index contributed by atoms with van der Waals surface area (Å²) in [5.41, 5.74) is 0. The van der Waals surface area contributed by atoms with Crippen LogP contribution >= 0.6 is 0 Å². The van der Waals surface area contributed by atoms with Crippen LogP contribution in [0.25, 0.3) is 0 Å². The molecule has 2 N–H and O–H groups in total. The number of rotatable bonds is 7. The van der Waals surface area contributed by atoms with Gasteiger partial charge in [-0.25, -0.2) is 17.9 Å². The second-order valence-corrected chi connectivity index (χ2v) is 6.61. The summed E-state index contributed by atoms with van der Waals surface area (Å²) in [4.78, 5) is 23.5. The van der Waals surface area contributed by atoms with Crippen LogP contribution < -0.4 is 4.72 Å². The third kappa shape index (κ3) is 5.85. The van der Waals surface area contributed by atoms with E-state index in [4.69, 9.17) is 9.84 Å². The highest BCUT2D eigenvalue weighted by atomic mass is 32.2. The number of nitrogens with one attached hydrogen (secondary N) is 1. The quantitative estimate of drug-likeness (QED) is 0.625. The molecule has 20 heavy (non-hydrogen) atoms. The zero-order chi connectivity index (χ0) is 15.2. The van der Waals surface area contributed by atoms with Gasteiger partial charge in [0.15, 0.2) is 0 Å². The second-order valence-electron chi connectivity index (χ2n) is 4.56. The summed E-state index contributed by atoms with van der Waals surface area (Å²) in [7, 11) is -3.22. The van der Waals surface area contributed by atoms with Gasteiger partial charge < -0.3 is 14.7 Å². The van der Waals surface area contributed by atoms with E-state index in [-0.39, 0.29) is 24.3 Å². The normalized spacial score (nSPS) is 17.1. The molecule has 0 spiro atoms. The van der Waals surface area contributed by atoms with Crippen LogP contribution in [0.3, 0.4) is 0 Å². The van der Waals surface area contributed by atoms with Gasteiger partial charge in [-0.2, -0.15) is 0 Å². The van der Waals surface area contributed by atoms with Gasteiger partial charge in [0.05, 0.1) is 5.75 Å². The van der Waals surface area contributed by atoms with Crippen molar-refractivity contribution in [2.45, 2.75) is 25.8 Å². The van der Waals surface area contributed by atoms with Crippen LogP contribution in [-0.2, 0) is 24.3 Å². The average Bonchev–Trinajstić information content (AvgIpc) is 2.38. The van der Waals surface area contributed by atoms with Crippen LogP contribution in [0.5, 0.6) is 0 Å². The molecule has 1 aliphatic heterocycles. The second kappa shape index (κ2) is 7.55. The van der Waals surface area contributed by atoms with Crippen molar-refractivity contribution in [2.75, 3.05) is 32.1 Å². The molecule has 0 aliphatic carbocycles. The van der Waals surface area contributed by atoms with Crippen LogP contribution in [0, 0.1) is 0 Å². The summed E-state index contributed by atoms with van der Waals surface area (Å²) in [5, 5.41) is 8.39. The summed E-state index contributed by atoms with van der Waals surface area (Å²) >= 11 is 0. The average molecular weight is 308 g/mol. The Bertz CT molecular complexity index is 442.